The Balaban J connectivity index is 1.80. The quantitative estimate of drug-likeness (QED) is 0.688. The van der Waals surface area contributed by atoms with Crippen molar-refractivity contribution in [3.05, 3.63) is 18.2 Å². The van der Waals surface area contributed by atoms with Crippen molar-refractivity contribution in [2.45, 2.75) is 49.5 Å². The van der Waals surface area contributed by atoms with Crippen molar-refractivity contribution in [1.29, 1.82) is 0 Å². The molecule has 0 aliphatic heterocycles. The molecule has 0 aromatic heterocycles. The largest absolute Gasteiger partial charge is 0.493 e. The predicted octanol–water partition coefficient (Wildman–Crippen LogP) is 2.72. The van der Waals surface area contributed by atoms with Crippen molar-refractivity contribution < 1.29 is 22.6 Å². The molecule has 1 aromatic rings. The van der Waals surface area contributed by atoms with E-state index in [1.165, 1.54) is 45.6 Å². The minimum absolute atomic E-state index is 0.161. The molecule has 1 N–H and O–H groups in total. The van der Waals surface area contributed by atoms with E-state index < -0.39 is 10.0 Å². The van der Waals surface area contributed by atoms with Gasteiger partial charge in [-0.25, -0.2) is 13.1 Å². The van der Waals surface area contributed by atoms with Crippen molar-refractivity contribution >= 4 is 10.0 Å². The molecular formula is C17H27NO5S. The van der Waals surface area contributed by atoms with E-state index in [4.69, 9.17) is 14.2 Å². The molecule has 0 radical (unpaired) electrons. The fraction of sp³-hybridized carbons (Fsp3) is 0.647. The number of nitrogens with one attached hydrogen (secondary N) is 1. The van der Waals surface area contributed by atoms with Crippen molar-refractivity contribution in [1.82, 2.24) is 4.72 Å². The normalized spacial score (nSPS) is 16.1. The van der Waals surface area contributed by atoms with E-state index in [0.29, 0.717) is 37.2 Å². The molecule has 1 saturated carbocycles. The van der Waals surface area contributed by atoms with E-state index in [1.807, 2.05) is 0 Å². The van der Waals surface area contributed by atoms with E-state index >= 15 is 0 Å². The molecule has 136 valence electrons. The van der Waals surface area contributed by atoms with Crippen LogP contribution in [0, 0.1) is 0 Å². The molecule has 1 aliphatic carbocycles. The summed E-state index contributed by atoms with van der Waals surface area (Å²) in [6.45, 7) is 0.933. The van der Waals surface area contributed by atoms with Gasteiger partial charge in [-0.1, -0.05) is 19.3 Å². The van der Waals surface area contributed by atoms with Crippen LogP contribution in [0.15, 0.2) is 23.1 Å². The molecule has 0 heterocycles. The van der Waals surface area contributed by atoms with Gasteiger partial charge in [-0.3, -0.25) is 0 Å². The van der Waals surface area contributed by atoms with Crippen LogP contribution in [-0.2, 0) is 14.8 Å². The molecule has 6 nitrogen and oxygen atoms in total. The standard InChI is InChI=1S/C17H27NO5S/c1-21-16-10-9-15(13-17(16)22-2)24(19,20)18-11-6-12-23-14-7-4-3-5-8-14/h9-10,13-14,18H,3-8,11-12H2,1-2H3. The maximum Gasteiger partial charge on any atom is 0.240 e. The topological polar surface area (TPSA) is 73.9 Å². The molecule has 0 saturated heterocycles. The molecule has 2 rings (SSSR count). The van der Waals surface area contributed by atoms with Crippen molar-refractivity contribution in [3.63, 3.8) is 0 Å². The second kappa shape index (κ2) is 9.25. The monoisotopic (exact) mass is 357 g/mol. The molecule has 7 heteroatoms. The van der Waals surface area contributed by atoms with Crippen LogP contribution in [0.3, 0.4) is 0 Å². The Morgan fingerprint density at radius 2 is 1.79 bits per heavy atom. The summed E-state index contributed by atoms with van der Waals surface area (Å²) in [5, 5.41) is 0. The Morgan fingerprint density at radius 1 is 1.08 bits per heavy atom. The van der Waals surface area contributed by atoms with Gasteiger partial charge in [-0.2, -0.15) is 0 Å². The van der Waals surface area contributed by atoms with E-state index in [2.05, 4.69) is 4.72 Å². The first-order valence-electron chi connectivity index (χ1n) is 8.40. The molecule has 1 fully saturated rings. The highest BCUT2D eigenvalue weighted by atomic mass is 32.2. The molecule has 0 spiro atoms. The van der Waals surface area contributed by atoms with E-state index in [9.17, 15) is 8.42 Å². The maximum absolute atomic E-state index is 12.3. The highest BCUT2D eigenvalue weighted by Gasteiger charge is 2.17. The number of ether oxygens (including phenoxy) is 3. The first-order valence-corrected chi connectivity index (χ1v) is 9.88. The minimum atomic E-state index is -3.56. The van der Waals surface area contributed by atoms with Gasteiger partial charge < -0.3 is 14.2 Å². The number of benzene rings is 1. The van der Waals surface area contributed by atoms with Crippen LogP contribution in [0.1, 0.15) is 38.5 Å². The van der Waals surface area contributed by atoms with Crippen LogP contribution in [0.4, 0.5) is 0 Å². The first kappa shape index (κ1) is 19.0. The predicted molar refractivity (Wildman–Crippen MR) is 92.2 cm³/mol. The summed E-state index contributed by atoms with van der Waals surface area (Å²) in [6, 6.07) is 4.54. The van der Waals surface area contributed by atoms with Gasteiger partial charge in [0.1, 0.15) is 0 Å². The molecule has 24 heavy (non-hydrogen) atoms. The van der Waals surface area contributed by atoms with Gasteiger partial charge >= 0.3 is 0 Å². The summed E-state index contributed by atoms with van der Waals surface area (Å²) in [7, 11) is -0.577. The maximum atomic E-state index is 12.3. The zero-order valence-corrected chi connectivity index (χ0v) is 15.2. The van der Waals surface area contributed by atoms with Gasteiger partial charge in [0, 0.05) is 19.2 Å². The lowest BCUT2D eigenvalue weighted by atomic mass is 9.98. The lowest BCUT2D eigenvalue weighted by Gasteiger charge is -2.21. The number of hydrogen-bond acceptors (Lipinski definition) is 5. The summed E-state index contributed by atoms with van der Waals surface area (Å²) in [6.07, 6.45) is 7.01. The van der Waals surface area contributed by atoms with Crippen LogP contribution in [-0.4, -0.2) is 41.9 Å². The molecule has 1 aliphatic rings. The highest BCUT2D eigenvalue weighted by Crippen LogP contribution is 2.29. The van der Waals surface area contributed by atoms with E-state index in [1.54, 1.807) is 6.07 Å². The average molecular weight is 357 g/mol. The van der Waals surface area contributed by atoms with Crippen LogP contribution in [0.2, 0.25) is 0 Å². The van der Waals surface area contributed by atoms with Gasteiger partial charge in [0.25, 0.3) is 0 Å². The average Bonchev–Trinajstić information content (AvgIpc) is 2.61. The summed E-state index contributed by atoms with van der Waals surface area (Å²) < 4.78 is 43.3. The summed E-state index contributed by atoms with van der Waals surface area (Å²) >= 11 is 0. The number of sulfonamides is 1. The van der Waals surface area contributed by atoms with Crippen LogP contribution in [0.5, 0.6) is 11.5 Å². The summed E-state index contributed by atoms with van der Waals surface area (Å²) in [5.74, 6) is 0.887. The van der Waals surface area contributed by atoms with Crippen molar-refractivity contribution in [2.75, 3.05) is 27.4 Å². The van der Waals surface area contributed by atoms with Crippen molar-refractivity contribution in [2.24, 2.45) is 0 Å². The van der Waals surface area contributed by atoms with E-state index in [-0.39, 0.29) is 4.90 Å². The summed E-state index contributed by atoms with van der Waals surface area (Å²) in [5.41, 5.74) is 0. The lowest BCUT2D eigenvalue weighted by Crippen LogP contribution is -2.26. The van der Waals surface area contributed by atoms with Gasteiger partial charge in [-0.05, 0) is 31.4 Å². The SMILES string of the molecule is COc1ccc(S(=O)(=O)NCCCOC2CCCCC2)cc1OC. The molecule has 1 aromatic carbocycles. The Hall–Kier alpha value is -1.31. The second-order valence-electron chi connectivity index (χ2n) is 5.90. The highest BCUT2D eigenvalue weighted by molar-refractivity contribution is 7.89. The van der Waals surface area contributed by atoms with Gasteiger partial charge in [0.15, 0.2) is 11.5 Å². The van der Waals surface area contributed by atoms with Gasteiger partial charge in [0.2, 0.25) is 10.0 Å². The Bertz CT molecular complexity index is 611. The third kappa shape index (κ3) is 5.36. The summed E-state index contributed by atoms with van der Waals surface area (Å²) in [4.78, 5) is 0.161. The molecule has 0 atom stereocenters. The van der Waals surface area contributed by atoms with Crippen LogP contribution in [0.25, 0.3) is 0 Å². The minimum Gasteiger partial charge on any atom is -0.493 e. The fourth-order valence-electron chi connectivity index (χ4n) is 2.83. The van der Waals surface area contributed by atoms with Gasteiger partial charge in [-0.15, -0.1) is 0 Å². The lowest BCUT2D eigenvalue weighted by molar-refractivity contribution is 0.0278. The molecule has 0 bridgehead atoms. The van der Waals surface area contributed by atoms with Crippen LogP contribution >= 0.6 is 0 Å². The Kier molecular flexibility index (Phi) is 7.33. The third-order valence-electron chi connectivity index (χ3n) is 4.18. The fourth-order valence-corrected chi connectivity index (χ4v) is 3.92. The molecule has 0 amide bonds. The smallest absolute Gasteiger partial charge is 0.240 e. The van der Waals surface area contributed by atoms with E-state index in [0.717, 1.165) is 12.8 Å². The first-order chi connectivity index (χ1) is 11.6. The zero-order valence-electron chi connectivity index (χ0n) is 14.4. The number of methoxy groups -OCH3 is 2. The second-order valence-corrected chi connectivity index (χ2v) is 7.67. The van der Waals surface area contributed by atoms with Crippen LogP contribution < -0.4 is 14.2 Å². The molecular weight excluding hydrogens is 330 g/mol. The Morgan fingerprint density at radius 3 is 2.46 bits per heavy atom. The number of hydrogen-bond donors (Lipinski definition) is 1. The van der Waals surface area contributed by atoms with Gasteiger partial charge in [0.05, 0.1) is 25.2 Å². The zero-order chi connectivity index (χ0) is 17.4. The Labute approximate surface area is 144 Å². The number of rotatable bonds is 9. The molecule has 0 unspecified atom stereocenters. The van der Waals surface area contributed by atoms with Crippen molar-refractivity contribution in [3.8, 4) is 11.5 Å². The third-order valence-corrected chi connectivity index (χ3v) is 5.64.